The zero-order valence-corrected chi connectivity index (χ0v) is 18.9. The lowest BCUT2D eigenvalue weighted by atomic mass is 9.81. The van der Waals surface area contributed by atoms with Crippen molar-refractivity contribution >= 4 is 5.97 Å². The van der Waals surface area contributed by atoms with Gasteiger partial charge in [-0.2, -0.15) is 0 Å². The van der Waals surface area contributed by atoms with Gasteiger partial charge in [-0.1, -0.05) is 35.9 Å². The van der Waals surface area contributed by atoms with Gasteiger partial charge in [-0.25, -0.2) is 0 Å². The van der Waals surface area contributed by atoms with Crippen LogP contribution in [0.5, 0.6) is 5.75 Å². The highest BCUT2D eigenvalue weighted by molar-refractivity contribution is 5.69. The van der Waals surface area contributed by atoms with Gasteiger partial charge in [-0.3, -0.25) is 4.79 Å². The summed E-state index contributed by atoms with van der Waals surface area (Å²) in [4.78, 5) is 11.6. The fraction of sp³-hybridized carbons (Fsp3) is 0.593. The first kappa shape index (κ1) is 20.8. The van der Waals surface area contributed by atoms with E-state index in [4.69, 9.17) is 9.47 Å². The van der Waals surface area contributed by atoms with E-state index in [1.165, 1.54) is 42.4 Å². The van der Waals surface area contributed by atoms with Crippen molar-refractivity contribution in [3.8, 4) is 5.75 Å². The lowest BCUT2D eigenvalue weighted by Crippen LogP contribution is -2.30. The molecule has 0 saturated heterocycles. The van der Waals surface area contributed by atoms with E-state index < -0.39 is 0 Å². The van der Waals surface area contributed by atoms with E-state index in [-0.39, 0.29) is 5.97 Å². The first-order valence-electron chi connectivity index (χ1n) is 12.1. The van der Waals surface area contributed by atoms with Gasteiger partial charge in [0.05, 0.1) is 13.2 Å². The molecule has 2 saturated carbocycles. The summed E-state index contributed by atoms with van der Waals surface area (Å²) in [6.45, 7) is 5.44. The Morgan fingerprint density at radius 3 is 3.10 bits per heavy atom. The van der Waals surface area contributed by atoms with Crippen molar-refractivity contribution in [3.05, 3.63) is 53.1 Å². The second kappa shape index (κ2) is 8.46. The minimum atomic E-state index is -0.0841. The van der Waals surface area contributed by atoms with E-state index in [1.54, 1.807) is 0 Å². The topological polar surface area (TPSA) is 47.6 Å². The molecule has 0 amide bonds. The maximum absolute atomic E-state index is 11.6. The Hall–Kier alpha value is -2.07. The molecule has 0 aromatic heterocycles. The van der Waals surface area contributed by atoms with Gasteiger partial charge in [0.1, 0.15) is 5.75 Å². The predicted octanol–water partition coefficient (Wildman–Crippen LogP) is 5.29. The van der Waals surface area contributed by atoms with Gasteiger partial charge >= 0.3 is 5.97 Å². The van der Waals surface area contributed by atoms with Crippen LogP contribution in [0.1, 0.15) is 69.5 Å². The summed E-state index contributed by atoms with van der Waals surface area (Å²) < 4.78 is 10.7. The van der Waals surface area contributed by atoms with Crippen molar-refractivity contribution < 1.29 is 14.3 Å². The standard InChI is InChI=1S/C27H35NO3/c1-3-30-26(29)9-4-19-10-12-27(17-23(27)14-19)22-6-7-24(16-22)28-18(2)20-5-8-25-21(15-20)11-13-31-25/h5,8,10,12,14-15,18,22-24,28H,3-4,6-7,9,11,13,16-17H2,1-2H3/t18-,22+,23?,24+,27?/m1/s1. The molecule has 1 aromatic rings. The van der Waals surface area contributed by atoms with Crippen molar-refractivity contribution in [2.75, 3.05) is 13.2 Å². The van der Waals surface area contributed by atoms with E-state index in [9.17, 15) is 4.79 Å². The molecular formula is C27H35NO3. The molecule has 0 bridgehead atoms. The highest BCUT2D eigenvalue weighted by atomic mass is 16.5. The zero-order chi connectivity index (χ0) is 21.4. The molecule has 31 heavy (non-hydrogen) atoms. The summed E-state index contributed by atoms with van der Waals surface area (Å²) in [5.74, 6) is 2.43. The van der Waals surface area contributed by atoms with E-state index in [0.717, 1.165) is 31.1 Å². The Morgan fingerprint density at radius 1 is 1.35 bits per heavy atom. The van der Waals surface area contributed by atoms with Gasteiger partial charge in [0, 0.05) is 24.9 Å². The maximum atomic E-state index is 11.6. The Labute approximate surface area is 186 Å². The molecule has 0 radical (unpaired) electrons. The average molecular weight is 422 g/mol. The van der Waals surface area contributed by atoms with Gasteiger partial charge in [0.2, 0.25) is 0 Å². The fourth-order valence-electron chi connectivity index (χ4n) is 6.10. The number of hydrogen-bond acceptors (Lipinski definition) is 4. The summed E-state index contributed by atoms with van der Waals surface area (Å²) in [7, 11) is 0. The Kier molecular flexibility index (Phi) is 5.68. The molecule has 1 aliphatic heterocycles. The van der Waals surface area contributed by atoms with Crippen molar-refractivity contribution in [3.63, 3.8) is 0 Å². The summed E-state index contributed by atoms with van der Waals surface area (Å²) in [6.07, 6.45) is 14.7. The molecule has 2 unspecified atom stereocenters. The smallest absolute Gasteiger partial charge is 0.306 e. The summed E-state index contributed by atoms with van der Waals surface area (Å²) in [5, 5.41) is 3.91. The van der Waals surface area contributed by atoms with Crippen LogP contribution in [0.15, 0.2) is 42.0 Å². The van der Waals surface area contributed by atoms with Crippen LogP contribution in [0.25, 0.3) is 0 Å². The molecule has 2 fully saturated rings. The van der Waals surface area contributed by atoms with Gasteiger partial charge < -0.3 is 14.8 Å². The molecule has 166 valence electrons. The number of benzene rings is 1. The van der Waals surface area contributed by atoms with Gasteiger partial charge in [0.25, 0.3) is 0 Å². The summed E-state index contributed by atoms with van der Waals surface area (Å²) in [6, 6.07) is 7.66. The van der Waals surface area contributed by atoms with E-state index >= 15 is 0 Å². The third-order valence-electron chi connectivity index (χ3n) is 7.94. The first-order valence-corrected chi connectivity index (χ1v) is 12.1. The minimum Gasteiger partial charge on any atom is -0.493 e. The highest BCUT2D eigenvalue weighted by Gasteiger charge is 2.57. The van der Waals surface area contributed by atoms with Crippen LogP contribution < -0.4 is 10.1 Å². The highest BCUT2D eigenvalue weighted by Crippen LogP contribution is 2.65. The Bertz CT molecular complexity index is 904. The molecular weight excluding hydrogens is 386 g/mol. The van der Waals surface area contributed by atoms with Crippen LogP contribution in [0.2, 0.25) is 0 Å². The summed E-state index contributed by atoms with van der Waals surface area (Å²) >= 11 is 0. The molecule has 1 aromatic carbocycles. The molecule has 1 N–H and O–H groups in total. The Morgan fingerprint density at radius 2 is 2.26 bits per heavy atom. The molecule has 5 rings (SSSR count). The van der Waals surface area contributed by atoms with Crippen LogP contribution in [0, 0.1) is 17.3 Å². The number of carbonyl (C=O) groups is 1. The third kappa shape index (κ3) is 4.19. The van der Waals surface area contributed by atoms with E-state index in [0.29, 0.717) is 36.4 Å². The molecule has 5 atom stereocenters. The molecule has 4 aliphatic rings. The number of fused-ring (bicyclic) bond motifs is 2. The number of carbonyl (C=O) groups excluding carboxylic acids is 1. The molecule has 4 heteroatoms. The van der Waals surface area contributed by atoms with Gasteiger partial charge in [-0.15, -0.1) is 0 Å². The first-order chi connectivity index (χ1) is 15.1. The number of ether oxygens (including phenoxy) is 2. The largest absolute Gasteiger partial charge is 0.493 e. The minimum absolute atomic E-state index is 0.0841. The fourth-order valence-corrected chi connectivity index (χ4v) is 6.10. The van der Waals surface area contributed by atoms with Gasteiger partial charge in [-0.05, 0) is 80.4 Å². The predicted molar refractivity (Wildman–Crippen MR) is 122 cm³/mol. The van der Waals surface area contributed by atoms with Crippen molar-refractivity contribution in [2.24, 2.45) is 17.3 Å². The quantitative estimate of drug-likeness (QED) is 0.580. The number of allylic oxidation sites excluding steroid dienone is 4. The molecule has 4 nitrogen and oxygen atoms in total. The molecule has 3 aliphatic carbocycles. The van der Waals surface area contributed by atoms with E-state index in [1.807, 2.05) is 6.92 Å². The van der Waals surface area contributed by atoms with Crippen LogP contribution in [0.4, 0.5) is 0 Å². The van der Waals surface area contributed by atoms with E-state index in [2.05, 4.69) is 48.7 Å². The number of esters is 1. The normalized spacial score (nSPS) is 31.4. The lowest BCUT2D eigenvalue weighted by Gasteiger charge is -2.25. The molecule has 1 heterocycles. The number of rotatable bonds is 8. The lowest BCUT2D eigenvalue weighted by molar-refractivity contribution is -0.143. The summed E-state index contributed by atoms with van der Waals surface area (Å²) in [5.41, 5.74) is 4.43. The Balaban J connectivity index is 1.13. The van der Waals surface area contributed by atoms with Crippen LogP contribution in [-0.2, 0) is 16.0 Å². The monoisotopic (exact) mass is 421 g/mol. The molecule has 0 spiro atoms. The second-order valence-corrected chi connectivity index (χ2v) is 9.86. The SMILES string of the molecule is CCOC(=O)CCC1=CC2CC2([C@H]2CC[C@H](N[C@H](C)c3ccc4c(c3)CCO4)C2)C=C1. The number of hydrogen-bond donors (Lipinski definition) is 1. The van der Waals surface area contributed by atoms with Crippen molar-refractivity contribution in [2.45, 2.75) is 70.9 Å². The second-order valence-electron chi connectivity index (χ2n) is 9.86. The van der Waals surface area contributed by atoms with Crippen LogP contribution in [0.3, 0.4) is 0 Å². The zero-order valence-electron chi connectivity index (χ0n) is 18.9. The van der Waals surface area contributed by atoms with Crippen molar-refractivity contribution in [1.29, 1.82) is 0 Å². The number of nitrogens with one attached hydrogen (secondary N) is 1. The average Bonchev–Trinajstić information content (AvgIpc) is 3.09. The maximum Gasteiger partial charge on any atom is 0.306 e. The van der Waals surface area contributed by atoms with Gasteiger partial charge in [0.15, 0.2) is 0 Å². The van der Waals surface area contributed by atoms with Crippen molar-refractivity contribution in [1.82, 2.24) is 5.32 Å². The van der Waals surface area contributed by atoms with Crippen LogP contribution in [-0.4, -0.2) is 25.2 Å². The van der Waals surface area contributed by atoms with Crippen LogP contribution >= 0.6 is 0 Å². The third-order valence-corrected chi connectivity index (χ3v) is 7.94.